The van der Waals surface area contributed by atoms with Crippen molar-refractivity contribution in [2.45, 2.75) is 78.2 Å². The number of aromatic nitrogens is 1. The minimum Gasteiger partial charge on any atom is -0.493 e. The lowest BCUT2D eigenvalue weighted by atomic mass is 9.72. The van der Waals surface area contributed by atoms with E-state index in [2.05, 4.69) is 58.5 Å². The first kappa shape index (κ1) is 50.6. The van der Waals surface area contributed by atoms with E-state index in [-0.39, 0.29) is 82.6 Å². The molecule has 2 amide bonds. The Balaban J connectivity index is 1.24. The zero-order valence-electron chi connectivity index (χ0n) is 36.6. The van der Waals surface area contributed by atoms with Crippen LogP contribution in [0.5, 0.6) is 5.75 Å². The van der Waals surface area contributed by atoms with Crippen molar-refractivity contribution in [1.29, 1.82) is 0 Å². The van der Waals surface area contributed by atoms with Gasteiger partial charge in [0.25, 0.3) is 5.91 Å². The standard InChI is InChI=1S/C45H64N4O11S/c1-43(2,3)60-42(54)45(6,7)32-44(4,5)28-34-10-8-33(9-11-34)18-21-59-36-13-15-37(16-14-36)61-49-38-17-12-35(29-48-38)41(53)47-20-23-56-24-26-57-30-39(50)46-19-22-55-25-27-58-31-40(51)52/h8-17,29H,18-28,30-32H2,1-7H3,(H,46,50)(H,47,53)(H,48,49)(H,51,52). The minimum atomic E-state index is -1.04. The van der Waals surface area contributed by atoms with Crippen LogP contribution in [-0.2, 0) is 50.9 Å². The monoisotopic (exact) mass is 868 g/mol. The molecule has 0 unspecified atom stereocenters. The maximum atomic E-state index is 12.8. The third kappa shape index (κ3) is 22.1. The molecule has 4 N–H and O–H groups in total. The predicted octanol–water partition coefficient (Wildman–Crippen LogP) is 6.15. The van der Waals surface area contributed by atoms with Gasteiger partial charge in [-0.15, -0.1) is 0 Å². The number of rotatable bonds is 29. The van der Waals surface area contributed by atoms with Gasteiger partial charge in [0.15, 0.2) is 0 Å². The molecule has 0 aliphatic carbocycles. The molecule has 61 heavy (non-hydrogen) atoms. The molecule has 1 heterocycles. The van der Waals surface area contributed by atoms with Crippen molar-refractivity contribution in [3.05, 3.63) is 83.6 Å². The molecule has 2 aromatic carbocycles. The van der Waals surface area contributed by atoms with Gasteiger partial charge in [-0.3, -0.25) is 14.4 Å². The molecule has 0 atom stereocenters. The quantitative estimate of drug-likeness (QED) is 0.0353. The third-order valence-electron chi connectivity index (χ3n) is 8.66. The fourth-order valence-corrected chi connectivity index (χ4v) is 6.75. The van der Waals surface area contributed by atoms with Crippen LogP contribution in [0.3, 0.4) is 0 Å². The Morgan fingerprint density at radius 1 is 0.689 bits per heavy atom. The number of amides is 2. The van der Waals surface area contributed by atoms with E-state index >= 15 is 0 Å². The van der Waals surface area contributed by atoms with Crippen LogP contribution in [-0.4, -0.2) is 112 Å². The average molecular weight is 869 g/mol. The summed E-state index contributed by atoms with van der Waals surface area (Å²) in [6.45, 7) is 16.1. The SMILES string of the molecule is CC(C)(Cc1ccc(CCOc2ccc(SNc3ccc(C(=O)NCCOCCOCC(=O)NCCOCCOCC(=O)O)cn3)cc2)cc1)CC(C)(C)C(=O)OC(C)(C)C. The lowest BCUT2D eigenvalue weighted by Crippen LogP contribution is -2.37. The number of hydrogen-bond acceptors (Lipinski definition) is 13. The summed E-state index contributed by atoms with van der Waals surface area (Å²) >= 11 is 1.40. The highest BCUT2D eigenvalue weighted by Gasteiger charge is 2.37. The number of carbonyl (C=O) groups excluding carboxylic acids is 3. The zero-order chi connectivity index (χ0) is 44.7. The van der Waals surface area contributed by atoms with Gasteiger partial charge in [0, 0.05) is 30.6 Å². The van der Waals surface area contributed by atoms with Crippen LogP contribution >= 0.6 is 11.9 Å². The number of carbonyl (C=O) groups is 4. The van der Waals surface area contributed by atoms with Gasteiger partial charge < -0.3 is 48.9 Å². The maximum absolute atomic E-state index is 12.8. The van der Waals surface area contributed by atoms with Crippen LogP contribution in [0.15, 0.2) is 71.8 Å². The molecule has 0 aliphatic heterocycles. The summed E-state index contributed by atoms with van der Waals surface area (Å²) in [6.07, 6.45) is 3.85. The van der Waals surface area contributed by atoms with Crippen molar-refractivity contribution in [3.8, 4) is 5.75 Å². The van der Waals surface area contributed by atoms with Crippen LogP contribution < -0.4 is 20.1 Å². The highest BCUT2D eigenvalue weighted by molar-refractivity contribution is 8.00. The fraction of sp³-hybridized carbons (Fsp3) is 0.533. The number of pyridine rings is 1. The second kappa shape index (κ2) is 25.9. The van der Waals surface area contributed by atoms with Gasteiger partial charge in [0.05, 0.1) is 57.2 Å². The van der Waals surface area contributed by atoms with Crippen LogP contribution in [0.4, 0.5) is 5.82 Å². The number of esters is 1. The largest absolute Gasteiger partial charge is 0.493 e. The number of aliphatic carboxylic acids is 1. The Morgan fingerprint density at radius 2 is 1.30 bits per heavy atom. The van der Waals surface area contributed by atoms with Gasteiger partial charge in [0.2, 0.25) is 5.91 Å². The van der Waals surface area contributed by atoms with Gasteiger partial charge in [-0.2, -0.15) is 0 Å². The van der Waals surface area contributed by atoms with Gasteiger partial charge in [-0.25, -0.2) is 9.78 Å². The number of benzene rings is 2. The zero-order valence-corrected chi connectivity index (χ0v) is 37.5. The smallest absolute Gasteiger partial charge is 0.329 e. The lowest BCUT2D eigenvalue weighted by Gasteiger charge is -2.35. The Hall–Kier alpha value is -4.74. The topological polar surface area (TPSA) is 193 Å². The molecule has 0 saturated carbocycles. The maximum Gasteiger partial charge on any atom is 0.329 e. The molecule has 3 aromatic rings. The number of carboxylic acids is 1. The van der Waals surface area contributed by atoms with Crippen molar-refractivity contribution in [1.82, 2.24) is 15.6 Å². The molecular weight excluding hydrogens is 805 g/mol. The van der Waals surface area contributed by atoms with Crippen LogP contribution in [0, 0.1) is 10.8 Å². The highest BCUT2D eigenvalue weighted by atomic mass is 32.2. The first-order valence-electron chi connectivity index (χ1n) is 20.4. The summed E-state index contributed by atoms with van der Waals surface area (Å²) < 4.78 is 35.7. The molecule has 0 spiro atoms. The van der Waals surface area contributed by atoms with E-state index in [4.69, 9.17) is 33.5 Å². The molecule has 0 saturated heterocycles. The first-order chi connectivity index (χ1) is 28.9. The van der Waals surface area contributed by atoms with Gasteiger partial charge >= 0.3 is 11.9 Å². The molecular formula is C45H64N4O11S. The van der Waals surface area contributed by atoms with E-state index in [1.807, 2.05) is 58.9 Å². The number of nitrogens with one attached hydrogen (secondary N) is 3. The van der Waals surface area contributed by atoms with Gasteiger partial charge in [0.1, 0.15) is 30.4 Å². The van der Waals surface area contributed by atoms with E-state index in [0.717, 1.165) is 23.5 Å². The summed E-state index contributed by atoms with van der Waals surface area (Å²) in [4.78, 5) is 52.8. The molecule has 0 fully saturated rings. The number of hydrogen-bond donors (Lipinski definition) is 4. The fourth-order valence-electron chi connectivity index (χ4n) is 6.13. The Kier molecular flexibility index (Phi) is 21.5. The molecule has 0 aliphatic rings. The van der Waals surface area contributed by atoms with Crippen molar-refractivity contribution in [2.24, 2.45) is 10.8 Å². The van der Waals surface area contributed by atoms with Crippen molar-refractivity contribution >= 4 is 41.5 Å². The summed E-state index contributed by atoms with van der Waals surface area (Å²) in [6, 6.07) is 19.8. The van der Waals surface area contributed by atoms with Crippen molar-refractivity contribution < 1.29 is 52.7 Å². The van der Waals surface area contributed by atoms with Crippen LogP contribution in [0.1, 0.15) is 76.4 Å². The predicted molar refractivity (Wildman–Crippen MR) is 234 cm³/mol. The molecule has 16 heteroatoms. The number of anilines is 1. The molecule has 0 bridgehead atoms. The van der Waals surface area contributed by atoms with E-state index in [9.17, 15) is 19.2 Å². The van der Waals surface area contributed by atoms with E-state index in [0.29, 0.717) is 31.0 Å². The van der Waals surface area contributed by atoms with Crippen molar-refractivity contribution in [3.63, 3.8) is 0 Å². The van der Waals surface area contributed by atoms with E-state index in [1.165, 1.54) is 29.3 Å². The van der Waals surface area contributed by atoms with E-state index in [1.54, 1.807) is 12.1 Å². The lowest BCUT2D eigenvalue weighted by molar-refractivity contribution is -0.167. The second-order valence-electron chi connectivity index (χ2n) is 16.8. The summed E-state index contributed by atoms with van der Waals surface area (Å²) in [7, 11) is 0. The number of nitrogens with zero attached hydrogens (tertiary/aromatic N) is 1. The molecule has 1 aromatic heterocycles. The summed E-state index contributed by atoms with van der Waals surface area (Å²) in [5.41, 5.74) is 1.67. The van der Waals surface area contributed by atoms with Crippen molar-refractivity contribution in [2.75, 3.05) is 77.3 Å². The van der Waals surface area contributed by atoms with Gasteiger partial charge in [-0.1, -0.05) is 38.1 Å². The van der Waals surface area contributed by atoms with Crippen LogP contribution in [0.2, 0.25) is 0 Å². The third-order valence-corrected chi connectivity index (χ3v) is 9.48. The Bertz CT molecular complexity index is 1780. The molecule has 0 radical (unpaired) electrons. The minimum absolute atomic E-state index is 0.0845. The summed E-state index contributed by atoms with van der Waals surface area (Å²) in [5.74, 6) is -0.392. The Labute approximate surface area is 364 Å². The molecule has 336 valence electrons. The van der Waals surface area contributed by atoms with E-state index < -0.39 is 17.0 Å². The molecule has 15 nitrogen and oxygen atoms in total. The summed E-state index contributed by atoms with van der Waals surface area (Å²) in [5, 5.41) is 13.9. The first-order valence-corrected chi connectivity index (χ1v) is 21.2. The molecule has 3 rings (SSSR count). The highest BCUT2D eigenvalue weighted by Crippen LogP contribution is 2.38. The second-order valence-corrected chi connectivity index (χ2v) is 17.6. The normalized spacial score (nSPS) is 11.8. The average Bonchev–Trinajstić information content (AvgIpc) is 3.19. The van der Waals surface area contributed by atoms with Crippen LogP contribution in [0.25, 0.3) is 0 Å². The number of carboxylic acid groups (broad SMARTS) is 1. The Morgan fingerprint density at radius 3 is 1.90 bits per heavy atom. The van der Waals surface area contributed by atoms with Gasteiger partial charge in [-0.05, 0) is 112 Å². The number of ether oxygens (including phenoxy) is 6.